The van der Waals surface area contributed by atoms with Crippen molar-refractivity contribution in [3.63, 3.8) is 0 Å². The Morgan fingerprint density at radius 1 is 1.00 bits per heavy atom. The maximum atomic E-state index is 13.7. The summed E-state index contributed by atoms with van der Waals surface area (Å²) in [6.07, 6.45) is 12.3. The van der Waals surface area contributed by atoms with Crippen LogP contribution in [-0.2, 0) is 0 Å². The van der Waals surface area contributed by atoms with Crippen LogP contribution < -0.4 is 0 Å². The largest absolute Gasteiger partial charge is 0.332 e. The third-order valence-corrected chi connectivity index (χ3v) is 7.80. The zero-order valence-electron chi connectivity index (χ0n) is 15.6. The Hall–Kier alpha value is -1.06. The highest BCUT2D eigenvalue weighted by Crippen LogP contribution is 2.39. The molecule has 0 bridgehead atoms. The van der Waals surface area contributed by atoms with Gasteiger partial charge in [0.15, 0.2) is 0 Å². The Morgan fingerprint density at radius 2 is 1.58 bits per heavy atom. The standard InChI is InChI=1S/C22H28ClNOS/c1-15-12-13-18-19(14-15)26-21(20(18)23)22(25)24(16-8-4-2-5-9-16)17-10-6-3-7-11-17/h12-14,16-17H,2-11H2,1H3. The number of hydrogen-bond donors (Lipinski definition) is 0. The van der Waals surface area contributed by atoms with Crippen molar-refractivity contribution >= 4 is 38.9 Å². The molecule has 1 aromatic heterocycles. The average molecular weight is 390 g/mol. The highest BCUT2D eigenvalue weighted by atomic mass is 35.5. The number of thiophene rings is 1. The molecule has 2 saturated carbocycles. The monoisotopic (exact) mass is 389 g/mol. The molecule has 2 nitrogen and oxygen atoms in total. The average Bonchev–Trinajstić information content (AvgIpc) is 2.99. The number of halogens is 1. The van der Waals surface area contributed by atoms with Gasteiger partial charge in [-0.1, -0.05) is 62.3 Å². The molecule has 0 unspecified atom stereocenters. The molecule has 2 aromatic rings. The van der Waals surface area contributed by atoms with Crippen molar-refractivity contribution in [2.75, 3.05) is 0 Å². The molecule has 1 heterocycles. The van der Waals surface area contributed by atoms with Crippen LogP contribution in [0.5, 0.6) is 0 Å². The lowest BCUT2D eigenvalue weighted by Crippen LogP contribution is -2.48. The van der Waals surface area contributed by atoms with Gasteiger partial charge in [0.1, 0.15) is 4.88 Å². The van der Waals surface area contributed by atoms with Gasteiger partial charge in [-0.05, 0) is 44.2 Å². The molecule has 4 rings (SSSR count). The fourth-order valence-corrected chi connectivity index (χ4v) is 6.33. The Balaban J connectivity index is 1.70. The molecule has 0 saturated heterocycles. The van der Waals surface area contributed by atoms with Crippen LogP contribution in [-0.4, -0.2) is 22.9 Å². The zero-order chi connectivity index (χ0) is 18.1. The van der Waals surface area contributed by atoms with Gasteiger partial charge in [-0.15, -0.1) is 11.3 Å². The predicted molar refractivity (Wildman–Crippen MR) is 111 cm³/mol. The quantitative estimate of drug-likeness (QED) is 0.554. The van der Waals surface area contributed by atoms with E-state index in [-0.39, 0.29) is 5.91 Å². The number of carbonyl (C=O) groups excluding carboxylic acids is 1. The van der Waals surface area contributed by atoms with E-state index in [4.69, 9.17) is 11.6 Å². The number of nitrogens with zero attached hydrogens (tertiary/aromatic N) is 1. The predicted octanol–water partition coefficient (Wildman–Crippen LogP) is 6.97. The molecule has 0 N–H and O–H groups in total. The van der Waals surface area contributed by atoms with Crippen molar-refractivity contribution in [1.29, 1.82) is 0 Å². The SMILES string of the molecule is Cc1ccc2c(Cl)c(C(=O)N(C3CCCCC3)C3CCCCC3)sc2c1. The van der Waals surface area contributed by atoms with E-state index in [1.165, 1.54) is 44.1 Å². The van der Waals surface area contributed by atoms with Gasteiger partial charge in [0.05, 0.1) is 5.02 Å². The van der Waals surface area contributed by atoms with Crippen LogP contribution in [0, 0.1) is 6.92 Å². The second kappa shape index (κ2) is 7.90. The van der Waals surface area contributed by atoms with Crippen molar-refractivity contribution in [3.8, 4) is 0 Å². The fourth-order valence-electron chi connectivity index (χ4n) is 4.78. The van der Waals surface area contributed by atoms with Crippen LogP contribution in [0.1, 0.15) is 79.4 Å². The van der Waals surface area contributed by atoms with Crippen molar-refractivity contribution in [2.45, 2.75) is 83.2 Å². The number of fused-ring (bicyclic) bond motifs is 1. The summed E-state index contributed by atoms with van der Waals surface area (Å²) in [4.78, 5) is 16.7. The molecule has 140 valence electrons. The first-order valence-corrected chi connectivity index (χ1v) is 11.4. The molecule has 1 aromatic carbocycles. The molecule has 0 atom stereocenters. The van der Waals surface area contributed by atoms with Crippen LogP contribution in [0.15, 0.2) is 18.2 Å². The molecule has 0 radical (unpaired) electrons. The van der Waals surface area contributed by atoms with E-state index in [1.807, 2.05) is 0 Å². The number of benzene rings is 1. The highest BCUT2D eigenvalue weighted by Gasteiger charge is 2.34. The molecule has 0 spiro atoms. The summed E-state index contributed by atoms with van der Waals surface area (Å²) in [5.41, 5.74) is 1.21. The van der Waals surface area contributed by atoms with Crippen molar-refractivity contribution in [2.24, 2.45) is 0 Å². The smallest absolute Gasteiger partial charge is 0.266 e. The lowest BCUT2D eigenvalue weighted by molar-refractivity contribution is 0.0454. The molecule has 4 heteroatoms. The summed E-state index contributed by atoms with van der Waals surface area (Å²) in [6.45, 7) is 2.09. The molecule has 1 amide bonds. The van der Waals surface area contributed by atoms with Crippen LogP contribution in [0.25, 0.3) is 10.1 Å². The molecule has 2 aliphatic carbocycles. The lowest BCUT2D eigenvalue weighted by atomic mass is 9.88. The number of hydrogen-bond acceptors (Lipinski definition) is 2. The first-order chi connectivity index (χ1) is 12.6. The first kappa shape index (κ1) is 18.3. The maximum Gasteiger partial charge on any atom is 0.266 e. The third kappa shape index (κ3) is 3.53. The summed E-state index contributed by atoms with van der Waals surface area (Å²) in [7, 11) is 0. The van der Waals surface area contributed by atoms with Crippen LogP contribution in [0.4, 0.5) is 0 Å². The summed E-state index contributed by atoms with van der Waals surface area (Å²) < 4.78 is 1.13. The second-order valence-electron chi connectivity index (χ2n) is 8.04. The van der Waals surface area contributed by atoms with Gasteiger partial charge in [0.25, 0.3) is 5.91 Å². The summed E-state index contributed by atoms with van der Waals surface area (Å²) >= 11 is 8.27. The van der Waals surface area contributed by atoms with Gasteiger partial charge in [0, 0.05) is 22.2 Å². The van der Waals surface area contributed by atoms with E-state index >= 15 is 0 Å². The highest BCUT2D eigenvalue weighted by molar-refractivity contribution is 7.21. The van der Waals surface area contributed by atoms with Gasteiger partial charge < -0.3 is 4.90 Å². The molecular weight excluding hydrogens is 362 g/mol. The molecule has 2 fully saturated rings. The van der Waals surface area contributed by atoms with Gasteiger partial charge in [-0.3, -0.25) is 4.79 Å². The Kier molecular flexibility index (Phi) is 5.56. The molecule has 0 aliphatic heterocycles. The van der Waals surface area contributed by atoms with Crippen molar-refractivity contribution < 1.29 is 4.79 Å². The molecular formula is C22H28ClNOS. The maximum absolute atomic E-state index is 13.7. The second-order valence-corrected chi connectivity index (χ2v) is 9.47. The van der Waals surface area contributed by atoms with Crippen LogP contribution in [0.2, 0.25) is 5.02 Å². The van der Waals surface area contributed by atoms with E-state index in [0.717, 1.165) is 40.6 Å². The Labute approximate surface area is 165 Å². The summed E-state index contributed by atoms with van der Waals surface area (Å²) in [6, 6.07) is 7.10. The fraction of sp³-hybridized carbons (Fsp3) is 0.591. The number of rotatable bonds is 3. The van der Waals surface area contributed by atoms with E-state index in [1.54, 1.807) is 11.3 Å². The lowest BCUT2D eigenvalue weighted by Gasteiger charge is -2.41. The number of amides is 1. The van der Waals surface area contributed by atoms with Gasteiger partial charge in [-0.2, -0.15) is 0 Å². The summed E-state index contributed by atoms with van der Waals surface area (Å²) in [5, 5.41) is 1.68. The summed E-state index contributed by atoms with van der Waals surface area (Å²) in [5.74, 6) is 0.188. The normalized spacial score (nSPS) is 19.8. The third-order valence-electron chi connectivity index (χ3n) is 6.15. The van der Waals surface area contributed by atoms with Crippen molar-refractivity contribution in [1.82, 2.24) is 4.90 Å². The number of aryl methyl sites for hydroxylation is 1. The topological polar surface area (TPSA) is 20.3 Å². The minimum Gasteiger partial charge on any atom is -0.332 e. The van der Waals surface area contributed by atoms with Crippen LogP contribution >= 0.6 is 22.9 Å². The van der Waals surface area contributed by atoms with Gasteiger partial charge in [-0.25, -0.2) is 0 Å². The van der Waals surface area contributed by atoms with E-state index < -0.39 is 0 Å². The van der Waals surface area contributed by atoms with Gasteiger partial charge >= 0.3 is 0 Å². The van der Waals surface area contributed by atoms with E-state index in [9.17, 15) is 4.79 Å². The van der Waals surface area contributed by atoms with Crippen LogP contribution in [0.3, 0.4) is 0 Å². The molecule has 2 aliphatic rings. The minimum absolute atomic E-state index is 0.188. The first-order valence-electron chi connectivity index (χ1n) is 10.2. The van der Waals surface area contributed by atoms with Crippen molar-refractivity contribution in [3.05, 3.63) is 33.7 Å². The van der Waals surface area contributed by atoms with E-state index in [2.05, 4.69) is 30.0 Å². The number of carbonyl (C=O) groups is 1. The Bertz CT molecular complexity index is 769. The Morgan fingerprint density at radius 3 is 2.15 bits per heavy atom. The molecule has 26 heavy (non-hydrogen) atoms. The van der Waals surface area contributed by atoms with E-state index in [0.29, 0.717) is 17.1 Å². The minimum atomic E-state index is 0.188. The van der Waals surface area contributed by atoms with Gasteiger partial charge in [0.2, 0.25) is 0 Å². The zero-order valence-corrected chi connectivity index (χ0v) is 17.2.